The number of amides is 1. The lowest BCUT2D eigenvalue weighted by Gasteiger charge is -2.10. The molecule has 2 rings (SSSR count). The summed E-state index contributed by atoms with van der Waals surface area (Å²) in [6.07, 6.45) is 3.32. The molecule has 8 heteroatoms. The maximum atomic E-state index is 12.1. The SMILES string of the molecule is CCCCc1ccc(NC(=O)COc2ccc(S(=O)(=O)NCCOC)cc2)cc1. The summed E-state index contributed by atoms with van der Waals surface area (Å²) in [5.74, 6) is 0.121. The normalized spacial score (nSPS) is 11.2. The number of nitrogens with one attached hydrogen (secondary N) is 2. The Labute approximate surface area is 172 Å². The minimum atomic E-state index is -3.60. The third-order valence-electron chi connectivity index (χ3n) is 4.16. The van der Waals surface area contributed by atoms with Gasteiger partial charge in [0.15, 0.2) is 6.61 Å². The van der Waals surface area contributed by atoms with Gasteiger partial charge in [-0.1, -0.05) is 25.5 Å². The predicted molar refractivity (Wildman–Crippen MR) is 113 cm³/mol. The topological polar surface area (TPSA) is 93.7 Å². The van der Waals surface area contributed by atoms with Crippen LogP contribution in [0.5, 0.6) is 5.75 Å². The van der Waals surface area contributed by atoms with Crippen LogP contribution in [-0.2, 0) is 26.0 Å². The van der Waals surface area contributed by atoms with Crippen LogP contribution >= 0.6 is 0 Å². The Bertz CT molecular complexity index is 865. The summed E-state index contributed by atoms with van der Waals surface area (Å²) >= 11 is 0. The number of methoxy groups -OCH3 is 1. The lowest BCUT2D eigenvalue weighted by molar-refractivity contribution is -0.118. The van der Waals surface area contributed by atoms with Gasteiger partial charge in [0.2, 0.25) is 10.0 Å². The highest BCUT2D eigenvalue weighted by atomic mass is 32.2. The molecule has 0 heterocycles. The van der Waals surface area contributed by atoms with Crippen molar-refractivity contribution >= 4 is 21.6 Å². The van der Waals surface area contributed by atoms with Gasteiger partial charge >= 0.3 is 0 Å². The number of carbonyl (C=O) groups excluding carboxylic acids is 1. The number of carbonyl (C=O) groups is 1. The summed E-state index contributed by atoms with van der Waals surface area (Å²) in [5, 5.41) is 2.78. The van der Waals surface area contributed by atoms with Gasteiger partial charge in [0.05, 0.1) is 11.5 Å². The molecule has 0 spiro atoms. The average molecular weight is 421 g/mol. The van der Waals surface area contributed by atoms with Crippen LogP contribution in [0.4, 0.5) is 5.69 Å². The monoisotopic (exact) mass is 420 g/mol. The highest BCUT2D eigenvalue weighted by molar-refractivity contribution is 7.89. The van der Waals surface area contributed by atoms with Crippen molar-refractivity contribution in [3.63, 3.8) is 0 Å². The summed E-state index contributed by atoms with van der Waals surface area (Å²) in [6.45, 7) is 2.46. The first-order valence-electron chi connectivity index (χ1n) is 9.55. The molecule has 2 aromatic carbocycles. The number of unbranched alkanes of at least 4 members (excludes halogenated alkanes) is 1. The Morgan fingerprint density at radius 1 is 1.03 bits per heavy atom. The Morgan fingerprint density at radius 2 is 1.72 bits per heavy atom. The molecule has 0 fully saturated rings. The van der Waals surface area contributed by atoms with Gasteiger partial charge in [-0.15, -0.1) is 0 Å². The van der Waals surface area contributed by atoms with Crippen LogP contribution in [0.2, 0.25) is 0 Å². The fourth-order valence-corrected chi connectivity index (χ4v) is 3.57. The highest BCUT2D eigenvalue weighted by Gasteiger charge is 2.13. The second kappa shape index (κ2) is 11.5. The first-order chi connectivity index (χ1) is 13.9. The average Bonchev–Trinajstić information content (AvgIpc) is 2.72. The van der Waals surface area contributed by atoms with Crippen LogP contribution in [0, 0.1) is 0 Å². The molecule has 0 aliphatic rings. The fourth-order valence-electron chi connectivity index (χ4n) is 2.56. The van der Waals surface area contributed by atoms with Gasteiger partial charge in [0, 0.05) is 19.3 Å². The second-order valence-corrected chi connectivity index (χ2v) is 8.27. The highest BCUT2D eigenvalue weighted by Crippen LogP contribution is 2.16. The zero-order valence-corrected chi connectivity index (χ0v) is 17.6. The van der Waals surface area contributed by atoms with Gasteiger partial charge in [-0.25, -0.2) is 13.1 Å². The van der Waals surface area contributed by atoms with Gasteiger partial charge in [-0.05, 0) is 54.8 Å². The van der Waals surface area contributed by atoms with Gasteiger partial charge < -0.3 is 14.8 Å². The van der Waals surface area contributed by atoms with E-state index in [-0.39, 0.29) is 30.6 Å². The summed E-state index contributed by atoms with van der Waals surface area (Å²) in [6, 6.07) is 13.6. The first-order valence-corrected chi connectivity index (χ1v) is 11.0. The van der Waals surface area contributed by atoms with Crippen LogP contribution in [0.1, 0.15) is 25.3 Å². The van der Waals surface area contributed by atoms with Crippen LogP contribution in [0.3, 0.4) is 0 Å². The minimum absolute atomic E-state index is 0.119. The van der Waals surface area contributed by atoms with E-state index in [4.69, 9.17) is 9.47 Å². The standard InChI is InChI=1S/C21H28N2O5S/c1-3-4-5-17-6-8-18(9-7-17)23-21(24)16-28-19-10-12-20(13-11-19)29(25,26)22-14-15-27-2/h6-13,22H,3-5,14-16H2,1-2H3,(H,23,24). The predicted octanol–water partition coefficient (Wildman–Crippen LogP) is 2.97. The van der Waals surface area contributed by atoms with E-state index in [1.165, 1.54) is 36.9 Å². The zero-order valence-electron chi connectivity index (χ0n) is 16.8. The molecule has 0 unspecified atom stereocenters. The molecule has 29 heavy (non-hydrogen) atoms. The third-order valence-corrected chi connectivity index (χ3v) is 5.64. The van der Waals surface area contributed by atoms with Crippen molar-refractivity contribution < 1.29 is 22.7 Å². The van der Waals surface area contributed by atoms with Crippen molar-refractivity contribution in [2.75, 3.05) is 32.2 Å². The zero-order chi connectivity index (χ0) is 21.1. The molecule has 0 atom stereocenters. The van der Waals surface area contributed by atoms with E-state index in [1.807, 2.05) is 24.3 Å². The molecule has 0 aliphatic heterocycles. The fraction of sp³-hybridized carbons (Fsp3) is 0.381. The Kier molecular flexibility index (Phi) is 9.11. The van der Waals surface area contributed by atoms with E-state index in [2.05, 4.69) is 17.0 Å². The number of benzene rings is 2. The van der Waals surface area contributed by atoms with Crippen molar-refractivity contribution in [3.05, 3.63) is 54.1 Å². The quantitative estimate of drug-likeness (QED) is 0.515. The second-order valence-electron chi connectivity index (χ2n) is 6.50. The minimum Gasteiger partial charge on any atom is -0.484 e. The smallest absolute Gasteiger partial charge is 0.262 e. The van der Waals surface area contributed by atoms with Gasteiger partial charge in [0.1, 0.15) is 5.75 Å². The first kappa shape index (κ1) is 22.9. The van der Waals surface area contributed by atoms with Crippen LogP contribution in [-0.4, -0.2) is 41.2 Å². The number of rotatable bonds is 12. The van der Waals surface area contributed by atoms with Crippen molar-refractivity contribution in [1.82, 2.24) is 4.72 Å². The molecule has 0 radical (unpaired) electrons. The number of hydrogen-bond donors (Lipinski definition) is 2. The molecule has 0 saturated carbocycles. The third kappa shape index (κ3) is 7.84. The number of sulfonamides is 1. The van der Waals surface area contributed by atoms with Crippen molar-refractivity contribution in [3.8, 4) is 5.75 Å². The van der Waals surface area contributed by atoms with E-state index < -0.39 is 10.0 Å². The summed E-state index contributed by atoms with van der Waals surface area (Å²) in [4.78, 5) is 12.2. The largest absolute Gasteiger partial charge is 0.484 e. The van der Waals surface area contributed by atoms with E-state index in [1.54, 1.807) is 0 Å². The molecule has 158 valence electrons. The lowest BCUT2D eigenvalue weighted by Crippen LogP contribution is -2.27. The number of hydrogen-bond acceptors (Lipinski definition) is 5. The Morgan fingerprint density at radius 3 is 2.34 bits per heavy atom. The van der Waals surface area contributed by atoms with E-state index in [9.17, 15) is 13.2 Å². The molecule has 7 nitrogen and oxygen atoms in total. The molecule has 0 aliphatic carbocycles. The molecular weight excluding hydrogens is 392 g/mol. The van der Waals surface area contributed by atoms with Gasteiger partial charge in [-0.2, -0.15) is 0 Å². The van der Waals surface area contributed by atoms with Gasteiger partial charge in [-0.3, -0.25) is 4.79 Å². The molecule has 0 bridgehead atoms. The molecule has 0 aromatic heterocycles. The maximum Gasteiger partial charge on any atom is 0.262 e. The summed E-state index contributed by atoms with van der Waals surface area (Å²) in [5.41, 5.74) is 1.95. The molecular formula is C21H28N2O5S. The van der Waals surface area contributed by atoms with Gasteiger partial charge in [0.25, 0.3) is 5.91 Å². The summed E-state index contributed by atoms with van der Waals surface area (Å²) < 4.78 is 36.9. The van der Waals surface area contributed by atoms with Crippen LogP contribution in [0.25, 0.3) is 0 Å². The number of ether oxygens (including phenoxy) is 2. The van der Waals surface area contributed by atoms with Crippen LogP contribution < -0.4 is 14.8 Å². The van der Waals surface area contributed by atoms with Crippen molar-refractivity contribution in [2.45, 2.75) is 31.1 Å². The van der Waals surface area contributed by atoms with Crippen LogP contribution in [0.15, 0.2) is 53.4 Å². The Balaban J connectivity index is 1.82. The lowest BCUT2D eigenvalue weighted by atomic mass is 10.1. The molecule has 2 aromatic rings. The molecule has 0 saturated heterocycles. The van der Waals surface area contributed by atoms with E-state index in [0.29, 0.717) is 11.4 Å². The summed E-state index contributed by atoms with van der Waals surface area (Å²) in [7, 11) is -2.10. The van der Waals surface area contributed by atoms with E-state index >= 15 is 0 Å². The number of aryl methyl sites for hydroxylation is 1. The molecule has 1 amide bonds. The maximum absolute atomic E-state index is 12.1. The number of anilines is 1. The van der Waals surface area contributed by atoms with Crippen molar-refractivity contribution in [1.29, 1.82) is 0 Å². The molecule has 2 N–H and O–H groups in total. The van der Waals surface area contributed by atoms with E-state index in [0.717, 1.165) is 19.3 Å². The van der Waals surface area contributed by atoms with Crippen molar-refractivity contribution in [2.24, 2.45) is 0 Å². The Hall–Kier alpha value is -2.42.